The number of quaternary nitrogens is 1. The Morgan fingerprint density at radius 2 is 1.44 bits per heavy atom. The Labute approximate surface area is 231 Å². The van der Waals surface area contributed by atoms with Gasteiger partial charge < -0.3 is 9.04 Å². The van der Waals surface area contributed by atoms with E-state index in [-0.39, 0.29) is 4.90 Å². The number of piperidine rings is 1. The Morgan fingerprint density at radius 3 is 1.92 bits per heavy atom. The van der Waals surface area contributed by atoms with Crippen molar-refractivity contribution >= 4 is 26.0 Å². The number of nitrogens with zero attached hydrogens (tertiary/aromatic N) is 1. The van der Waals surface area contributed by atoms with E-state index in [0.29, 0.717) is 0 Å². The second kappa shape index (κ2) is 19.2. The first-order valence-electron chi connectivity index (χ1n) is 14.2. The minimum absolute atomic E-state index is 0.178. The number of aryl methyl sites for hydroxylation is 1. The number of benzene rings is 1. The van der Waals surface area contributed by atoms with Crippen molar-refractivity contribution in [1.82, 2.24) is 0 Å². The molecule has 1 aromatic rings. The van der Waals surface area contributed by atoms with Crippen molar-refractivity contribution in [2.24, 2.45) is 0 Å². The van der Waals surface area contributed by atoms with Crippen molar-refractivity contribution in [2.75, 3.05) is 19.6 Å². The first-order valence-corrected chi connectivity index (χ1v) is 16.4. The van der Waals surface area contributed by atoms with Crippen LogP contribution in [0, 0.1) is 17.7 Å². The first kappa shape index (κ1) is 33.2. The number of unbranched alkanes of at least 4 members (excludes halogenated alkanes) is 11. The van der Waals surface area contributed by atoms with Gasteiger partial charge in [-0.2, -0.15) is 0 Å². The largest absolute Gasteiger partial charge is 0.744 e. The van der Waals surface area contributed by atoms with Gasteiger partial charge in [0.15, 0.2) is 0 Å². The van der Waals surface area contributed by atoms with Gasteiger partial charge in [-0.05, 0) is 68.8 Å². The smallest absolute Gasteiger partial charge is 0.142 e. The lowest BCUT2D eigenvalue weighted by atomic mass is 9.98. The predicted molar refractivity (Wildman–Crippen MR) is 155 cm³/mol. The average molecular weight is 585 g/mol. The van der Waals surface area contributed by atoms with Crippen LogP contribution in [-0.2, 0) is 10.1 Å². The third-order valence-electron chi connectivity index (χ3n) is 7.64. The number of rotatable bonds is 15. The van der Waals surface area contributed by atoms with Crippen molar-refractivity contribution in [1.29, 1.82) is 0 Å². The minimum Gasteiger partial charge on any atom is -0.744 e. The molecule has 1 heterocycles. The third-order valence-corrected chi connectivity index (χ3v) is 8.77. The van der Waals surface area contributed by atoms with Crippen LogP contribution in [0.5, 0.6) is 0 Å². The quantitative estimate of drug-likeness (QED) is 0.0901. The minimum atomic E-state index is -4.27. The van der Waals surface area contributed by atoms with Crippen LogP contribution in [0.15, 0.2) is 29.2 Å². The lowest BCUT2D eigenvalue weighted by Crippen LogP contribution is -2.57. The SMILES string of the molecule is CCCCCCCCCCCCCC[N+]1(CC#CBr)CCCCC1C.Cc1ccc(S(=O)(=O)[O-])cc1. The van der Waals surface area contributed by atoms with Crippen LogP contribution in [0.2, 0.25) is 0 Å². The average Bonchev–Trinajstić information content (AvgIpc) is 2.85. The second-order valence-corrected chi connectivity index (χ2v) is 12.4. The van der Waals surface area contributed by atoms with Crippen LogP contribution in [-0.4, -0.2) is 43.1 Å². The summed E-state index contributed by atoms with van der Waals surface area (Å²) in [6.07, 6.45) is 21.5. The van der Waals surface area contributed by atoms with Gasteiger partial charge >= 0.3 is 0 Å². The number of halogens is 1. The van der Waals surface area contributed by atoms with Gasteiger partial charge in [0, 0.05) is 15.9 Å². The fourth-order valence-electron chi connectivity index (χ4n) is 5.17. The Hall–Kier alpha value is -0.870. The van der Waals surface area contributed by atoms with Gasteiger partial charge in [0.25, 0.3) is 0 Å². The second-order valence-electron chi connectivity index (χ2n) is 10.6. The molecular weight excluding hydrogens is 534 g/mol. The molecule has 6 heteroatoms. The molecule has 36 heavy (non-hydrogen) atoms. The zero-order valence-electron chi connectivity index (χ0n) is 23.1. The summed E-state index contributed by atoms with van der Waals surface area (Å²) in [5, 5.41) is 0. The summed E-state index contributed by atoms with van der Waals surface area (Å²) in [4.78, 5) is 2.78. The van der Waals surface area contributed by atoms with E-state index >= 15 is 0 Å². The van der Waals surface area contributed by atoms with Gasteiger partial charge in [-0.25, -0.2) is 8.42 Å². The molecule has 0 amide bonds. The number of likely N-dealkylation sites (tertiary alicyclic amines) is 1. The molecule has 0 N–H and O–H groups in total. The highest BCUT2D eigenvalue weighted by Crippen LogP contribution is 2.26. The van der Waals surface area contributed by atoms with E-state index < -0.39 is 10.1 Å². The molecule has 0 bridgehead atoms. The van der Waals surface area contributed by atoms with E-state index in [2.05, 4.69) is 40.5 Å². The summed E-state index contributed by atoms with van der Waals surface area (Å²) < 4.78 is 32.4. The Morgan fingerprint density at radius 1 is 0.917 bits per heavy atom. The van der Waals surface area contributed by atoms with Crippen LogP contribution in [0.25, 0.3) is 0 Å². The summed E-state index contributed by atoms with van der Waals surface area (Å²) in [5.74, 6) is 3.32. The van der Waals surface area contributed by atoms with Gasteiger partial charge in [0.05, 0.1) is 24.0 Å². The molecule has 0 saturated carbocycles. The summed E-state index contributed by atoms with van der Waals surface area (Å²) in [5.41, 5.74) is 0.928. The highest BCUT2D eigenvalue weighted by Gasteiger charge is 2.35. The lowest BCUT2D eigenvalue weighted by Gasteiger charge is -2.45. The fraction of sp³-hybridized carbons (Fsp3) is 0.733. The third kappa shape index (κ3) is 14.2. The van der Waals surface area contributed by atoms with Gasteiger partial charge in [-0.3, -0.25) is 0 Å². The summed E-state index contributed by atoms with van der Waals surface area (Å²) in [7, 11) is -4.27. The van der Waals surface area contributed by atoms with Crippen LogP contribution < -0.4 is 0 Å². The molecule has 2 atom stereocenters. The molecule has 0 radical (unpaired) electrons. The molecule has 1 fully saturated rings. The number of hydrogen-bond acceptors (Lipinski definition) is 3. The Balaban J connectivity index is 0.000000488. The Kier molecular flexibility index (Phi) is 17.7. The van der Waals surface area contributed by atoms with E-state index in [1.165, 1.54) is 126 Å². The topological polar surface area (TPSA) is 57.2 Å². The van der Waals surface area contributed by atoms with Crippen molar-refractivity contribution in [3.63, 3.8) is 0 Å². The Bertz CT molecular complexity index is 860. The van der Waals surface area contributed by atoms with Gasteiger partial charge in [-0.1, -0.05) is 88.8 Å². The van der Waals surface area contributed by atoms with Crippen LogP contribution in [0.4, 0.5) is 0 Å². The van der Waals surface area contributed by atoms with Gasteiger partial charge in [0.1, 0.15) is 16.7 Å². The molecule has 0 aliphatic carbocycles. The van der Waals surface area contributed by atoms with E-state index in [4.69, 9.17) is 0 Å². The molecule has 2 unspecified atom stereocenters. The van der Waals surface area contributed by atoms with E-state index in [0.717, 1.165) is 18.2 Å². The summed E-state index contributed by atoms with van der Waals surface area (Å²) >= 11 is 3.29. The van der Waals surface area contributed by atoms with Crippen LogP contribution >= 0.6 is 15.9 Å². The zero-order chi connectivity index (χ0) is 26.7. The lowest BCUT2D eigenvalue weighted by molar-refractivity contribution is -0.948. The van der Waals surface area contributed by atoms with E-state index in [9.17, 15) is 13.0 Å². The maximum Gasteiger partial charge on any atom is 0.142 e. The van der Waals surface area contributed by atoms with E-state index in [1.807, 2.05) is 6.92 Å². The molecular formula is C30H50BrNO3S. The maximum absolute atomic E-state index is 10.4. The van der Waals surface area contributed by atoms with Gasteiger partial charge in [-0.15, -0.1) is 0 Å². The normalized spacial score (nSPS) is 19.6. The zero-order valence-corrected chi connectivity index (χ0v) is 25.5. The highest BCUT2D eigenvalue weighted by atomic mass is 79.9. The molecule has 0 aromatic heterocycles. The van der Waals surface area contributed by atoms with Crippen molar-refractivity contribution in [3.05, 3.63) is 29.8 Å². The fourth-order valence-corrected chi connectivity index (χ4v) is 5.76. The molecule has 4 nitrogen and oxygen atoms in total. The van der Waals surface area contributed by atoms with Crippen LogP contribution in [0.1, 0.15) is 116 Å². The molecule has 1 aromatic carbocycles. The van der Waals surface area contributed by atoms with E-state index in [1.54, 1.807) is 12.1 Å². The number of hydrogen-bond donors (Lipinski definition) is 0. The molecule has 2 rings (SSSR count). The molecule has 1 aliphatic heterocycles. The standard InChI is InChI=1S/C23H43BrN.C7H8O3S/c1-3-4-5-6-7-8-9-10-11-12-13-15-20-25(22-17-19-24)21-16-14-18-23(25)2;1-6-2-4-7(5-3-6)11(8,9)10/h23H,3-16,18,20-22H2,1-2H3;2-5H,1H3,(H,8,9,10)/q+1;/p-1. The van der Waals surface area contributed by atoms with Crippen molar-refractivity contribution in [3.8, 4) is 10.8 Å². The predicted octanol–water partition coefficient (Wildman–Crippen LogP) is 8.33. The van der Waals surface area contributed by atoms with Crippen LogP contribution in [0.3, 0.4) is 0 Å². The molecule has 206 valence electrons. The van der Waals surface area contributed by atoms with Crippen molar-refractivity contribution < 1.29 is 17.5 Å². The highest BCUT2D eigenvalue weighted by molar-refractivity contribution is 9.12. The molecule has 1 aliphatic rings. The summed E-state index contributed by atoms with van der Waals surface area (Å²) in [6, 6.07) is 6.58. The maximum atomic E-state index is 10.4. The van der Waals surface area contributed by atoms with Crippen molar-refractivity contribution in [2.45, 2.75) is 128 Å². The first-order chi connectivity index (χ1) is 17.2. The van der Waals surface area contributed by atoms with Gasteiger partial charge in [0.2, 0.25) is 0 Å². The molecule has 1 saturated heterocycles. The molecule has 0 spiro atoms. The summed E-state index contributed by atoms with van der Waals surface area (Å²) in [6.45, 7) is 10.3. The monoisotopic (exact) mass is 583 g/mol.